The van der Waals surface area contributed by atoms with Crippen LogP contribution in [0.5, 0.6) is 23.0 Å². The van der Waals surface area contributed by atoms with Crippen LogP contribution in [0.4, 0.5) is 86.5 Å². The lowest BCUT2D eigenvalue weighted by molar-refractivity contribution is -0.384. The summed E-state index contributed by atoms with van der Waals surface area (Å²) in [6.45, 7) is 15.3. The SMILES string of the molecule is CCOc1cc(/C=N\Nc2ncc(F)c(N3CCOCC3)n2)ccc1O.CCOc1cccc(/C=N/Nc2ncc(F)c(N3CCOCC3)n2)c1O.O=C(O)c1cc(-c2ccc(/C=N\Nc3ncc(F)c(N4CCOCC4)n3)o2)ccc1Cl.O=C(O)c1cccc(-c2ccc(/C=N/Nc3ncc(F)c(N4CCOCC4)n3)o2)c1.O=[N+]([O-])c1cc(-c2ccc(/C=N\Nc3ncc(F)c(N4CCOCC4)n3)o2)ccc1Cl. The zero-order valence-corrected chi connectivity index (χ0v) is 78.1. The van der Waals surface area contributed by atoms with E-state index in [-0.39, 0.29) is 97.2 Å². The van der Waals surface area contributed by atoms with Crippen molar-refractivity contribution in [3.05, 3.63) is 253 Å². The fourth-order valence-corrected chi connectivity index (χ4v) is 14.2. The predicted octanol–water partition coefficient (Wildman–Crippen LogP) is 14.1. The van der Waals surface area contributed by atoms with Gasteiger partial charge in [0.05, 0.1) is 162 Å². The molecule has 0 bridgehead atoms. The summed E-state index contributed by atoms with van der Waals surface area (Å²) >= 11 is 11.7. The lowest BCUT2D eigenvalue weighted by atomic mass is 10.1. The van der Waals surface area contributed by atoms with Crippen molar-refractivity contribution in [2.45, 2.75) is 13.8 Å². The Bertz CT molecular complexity index is 6540. The molecule has 144 heavy (non-hydrogen) atoms. The molecule has 0 aliphatic carbocycles. The number of rotatable bonds is 30. The summed E-state index contributed by atoms with van der Waals surface area (Å²) in [5, 5.41) is 69.5. The molecule has 51 heteroatoms. The van der Waals surface area contributed by atoms with Crippen molar-refractivity contribution >= 4 is 131 Å². The van der Waals surface area contributed by atoms with E-state index in [0.29, 0.717) is 219 Å². The molecule has 0 atom stereocenters. The van der Waals surface area contributed by atoms with Gasteiger partial charge in [0, 0.05) is 93.8 Å². The molecule has 13 aromatic rings. The molecule has 0 saturated carbocycles. The van der Waals surface area contributed by atoms with E-state index < -0.39 is 45.9 Å². The average molecular weight is 2030 g/mol. The van der Waals surface area contributed by atoms with Crippen molar-refractivity contribution in [1.29, 1.82) is 0 Å². The summed E-state index contributed by atoms with van der Waals surface area (Å²) in [5.74, 6) is 0.506. The minimum Gasteiger partial charge on any atom is -0.504 e. The molecule has 0 spiro atoms. The number of anilines is 10. The number of nitrogens with one attached hydrogen (secondary N) is 5. The van der Waals surface area contributed by atoms with Crippen LogP contribution in [0.1, 0.15) is 63.0 Å². The number of hydrogen-bond donors (Lipinski definition) is 9. The van der Waals surface area contributed by atoms with Crippen LogP contribution >= 0.6 is 23.2 Å². The maximum absolute atomic E-state index is 14.1. The molecule has 5 fully saturated rings. The third-order valence-electron chi connectivity index (χ3n) is 20.8. The molecule has 5 saturated heterocycles. The first-order valence-electron chi connectivity index (χ1n) is 44.2. The van der Waals surface area contributed by atoms with E-state index in [1.807, 2.05) is 18.7 Å². The molecule has 13 heterocycles. The van der Waals surface area contributed by atoms with Crippen LogP contribution in [0.15, 0.2) is 203 Å². The summed E-state index contributed by atoms with van der Waals surface area (Å²) < 4.78 is 124. The number of ether oxygens (including phenoxy) is 7. The van der Waals surface area contributed by atoms with E-state index in [0.717, 1.165) is 31.0 Å². The van der Waals surface area contributed by atoms with Gasteiger partial charge in [0.2, 0.25) is 29.7 Å². The molecular formula is C93H91Cl2F5N26O18. The van der Waals surface area contributed by atoms with Crippen LogP contribution in [0, 0.1) is 39.2 Å². The van der Waals surface area contributed by atoms with Crippen molar-refractivity contribution in [3.63, 3.8) is 0 Å². The molecule has 5 aromatic carbocycles. The molecule has 0 unspecified atom stereocenters. The summed E-state index contributed by atoms with van der Waals surface area (Å²) in [5.41, 5.74) is 16.1. The van der Waals surface area contributed by atoms with E-state index in [1.165, 1.54) is 73.5 Å². The van der Waals surface area contributed by atoms with Gasteiger partial charge in [-0.3, -0.25) is 10.1 Å². The molecule has 18 rings (SSSR count). The smallest absolute Gasteiger partial charge is 0.337 e. The Kier molecular flexibility index (Phi) is 36.8. The topological polar surface area (TPSA) is 529 Å². The highest BCUT2D eigenvalue weighted by Gasteiger charge is 2.26. The van der Waals surface area contributed by atoms with Crippen molar-refractivity contribution in [2.24, 2.45) is 25.5 Å². The number of nitro benzene ring substituents is 1. The van der Waals surface area contributed by atoms with Gasteiger partial charge in [0.25, 0.3) is 5.69 Å². The maximum Gasteiger partial charge on any atom is 0.337 e. The molecule has 44 nitrogen and oxygen atoms in total. The molecule has 5 aliphatic rings. The number of phenolic OH excluding ortho intramolecular Hbond substituents is 2. The quantitative estimate of drug-likeness (QED) is 0.00873. The van der Waals surface area contributed by atoms with Crippen molar-refractivity contribution < 1.29 is 103 Å². The van der Waals surface area contributed by atoms with Crippen LogP contribution in [0.3, 0.4) is 0 Å². The van der Waals surface area contributed by atoms with Crippen molar-refractivity contribution in [2.75, 3.05) is 196 Å². The van der Waals surface area contributed by atoms with Crippen LogP contribution < -0.4 is 61.1 Å². The second-order valence-corrected chi connectivity index (χ2v) is 31.2. The Labute approximate surface area is 825 Å². The monoisotopic (exact) mass is 2020 g/mol. The van der Waals surface area contributed by atoms with Gasteiger partial charge < -0.3 is 91.3 Å². The number of phenols is 2. The second kappa shape index (κ2) is 51.4. The number of benzene rings is 5. The summed E-state index contributed by atoms with van der Waals surface area (Å²) in [7, 11) is 0. The van der Waals surface area contributed by atoms with Gasteiger partial charge in [-0.1, -0.05) is 41.4 Å². The Morgan fingerprint density at radius 3 is 1.13 bits per heavy atom. The Hall–Kier alpha value is -16.7. The first-order valence-corrected chi connectivity index (χ1v) is 45.0. The highest BCUT2D eigenvalue weighted by molar-refractivity contribution is 6.33. The number of nitrogens with zero attached hydrogens (tertiary/aromatic N) is 21. The number of carboxylic acid groups (broad SMARTS) is 2. The van der Waals surface area contributed by atoms with Crippen LogP contribution in [-0.2, 0) is 23.7 Å². The van der Waals surface area contributed by atoms with Crippen molar-refractivity contribution in [1.82, 2.24) is 49.8 Å². The Morgan fingerprint density at radius 2 is 0.764 bits per heavy atom. The second-order valence-electron chi connectivity index (χ2n) is 30.4. The first kappa shape index (κ1) is 103. The van der Waals surface area contributed by atoms with E-state index in [2.05, 4.69) is 102 Å². The third-order valence-corrected chi connectivity index (χ3v) is 21.4. The number of hydrogen-bond acceptors (Lipinski definition) is 41. The molecule has 5 aliphatic heterocycles. The van der Waals surface area contributed by atoms with Gasteiger partial charge in [0.1, 0.15) is 39.6 Å². The lowest BCUT2D eigenvalue weighted by Crippen LogP contribution is -2.37. The minimum absolute atomic E-state index is 0.00562. The number of hydrazone groups is 5. The van der Waals surface area contributed by atoms with Crippen molar-refractivity contribution in [3.8, 4) is 57.0 Å². The number of furan rings is 3. The predicted molar refractivity (Wildman–Crippen MR) is 523 cm³/mol. The lowest BCUT2D eigenvalue weighted by Gasteiger charge is -2.27. The zero-order valence-electron chi connectivity index (χ0n) is 76.6. The summed E-state index contributed by atoms with van der Waals surface area (Å²) in [6, 6.07) is 35.4. The molecule has 0 radical (unpaired) electrons. The highest BCUT2D eigenvalue weighted by atomic mass is 35.5. The van der Waals surface area contributed by atoms with Crippen LogP contribution in [0.25, 0.3) is 34.0 Å². The van der Waals surface area contributed by atoms with Gasteiger partial charge in [0.15, 0.2) is 81.2 Å². The fourth-order valence-electron chi connectivity index (χ4n) is 13.8. The average Bonchev–Trinajstić information content (AvgIpc) is 1.73. The van der Waals surface area contributed by atoms with Gasteiger partial charge in [-0.15, -0.1) is 0 Å². The van der Waals surface area contributed by atoms with Gasteiger partial charge in [-0.25, -0.2) is 83.6 Å². The molecule has 0 amide bonds. The largest absolute Gasteiger partial charge is 0.504 e. The van der Waals surface area contributed by atoms with E-state index in [1.54, 1.807) is 111 Å². The molecular weight excluding hydrogens is 1940 g/mol. The Morgan fingerprint density at radius 1 is 0.417 bits per heavy atom. The third kappa shape index (κ3) is 29.0. The zero-order chi connectivity index (χ0) is 101. The number of nitro groups is 1. The number of aromatic nitrogens is 10. The first-order chi connectivity index (χ1) is 70.0. The number of halogens is 7. The van der Waals surface area contributed by atoms with E-state index >= 15 is 0 Å². The standard InChI is InChI=1S/C20H17ClFN5O4.C20H18FN5O4.C19H16ClFN6O4.2C17H20FN5O3/c21-15-3-1-12(9-14(15)19(28)29)17-4-2-13(31-17)10-24-26-20-23-11-16(22)18(25-20)27-5-7-30-8-6-27;21-16-12-22-20(24-18(16)26-6-8-29-9-7-26)25-23-11-15-4-5-17(30-15)13-2-1-3-14(10-13)19(27)28;20-14-3-1-12(9-16(14)27(28)29)17-4-2-13(31-17)10-23-25-19-22-11-15(21)18(24-19)26-5-7-30-8-6-26;1-2-26-15-9-12(3-4-14(15)24)10-20-22-17-19-11-13(18)16(21-17)23-5-7-25-8-6-23;1-2-26-14-5-3-4-12(15(14)24)10-20-22-17-19-11-13(18)16(21-17)23-6-8-25-9-7-23/h1-4,9-11H,5-8H2,(H,28,29)(H,23,25,26);1-5,10-12H,6-9H2,(H,27,28)(H,22,24,25);1-4,9-11H,5-8H2,(H,22,24,25);3-4,9-11,24H,2,5-8H2,1H3,(H,19,21,22);3-5,10-11,24H,2,6-9H2,1H3,(H,19,21,22)/b24-10-;23-11+;23-10-;20-10-;20-10+. The van der Waals surface area contributed by atoms with Crippen LogP contribution in [0.2, 0.25) is 10.0 Å². The van der Waals surface area contributed by atoms with Gasteiger partial charge >= 0.3 is 11.9 Å². The number of para-hydroxylation sites is 1. The van der Waals surface area contributed by atoms with Crippen LogP contribution in [-0.4, -0.2) is 263 Å². The molecule has 750 valence electrons. The minimum atomic E-state index is -1.12. The number of morpholine rings is 5. The summed E-state index contributed by atoms with van der Waals surface area (Å²) in [4.78, 5) is 82.1. The molecule has 9 N–H and O–H groups in total. The van der Waals surface area contributed by atoms with E-state index in [4.69, 9.17) is 74.7 Å². The Balaban J connectivity index is 0.000000143. The maximum atomic E-state index is 14.1. The number of aromatic hydroxyl groups is 2. The molecule has 8 aromatic heterocycles. The van der Waals surface area contributed by atoms with E-state index in [9.17, 15) is 57.0 Å². The highest BCUT2D eigenvalue weighted by Crippen LogP contribution is 2.35. The summed E-state index contributed by atoms with van der Waals surface area (Å²) in [6.07, 6.45) is 12.6. The number of carboxylic acids is 2. The van der Waals surface area contributed by atoms with Gasteiger partial charge in [-0.2, -0.15) is 50.4 Å². The number of aromatic carboxylic acids is 2. The van der Waals surface area contributed by atoms with Gasteiger partial charge in [-0.05, 0) is 129 Å². The normalized spacial score (nSPS) is 14.4. The fraction of sp³-hybridized carbons (Fsp3) is 0.258. The number of carbonyl (C=O) groups is 2.